The van der Waals surface area contributed by atoms with Gasteiger partial charge in [0.05, 0.1) is 18.0 Å². The molecule has 0 unspecified atom stereocenters. The Labute approximate surface area is 171 Å². The van der Waals surface area contributed by atoms with Crippen LogP contribution in [0.1, 0.15) is 6.42 Å². The van der Waals surface area contributed by atoms with Crippen molar-refractivity contribution in [2.45, 2.75) is 11.6 Å². The van der Waals surface area contributed by atoms with Gasteiger partial charge in [0, 0.05) is 44.6 Å². The van der Waals surface area contributed by atoms with Crippen LogP contribution in [0.25, 0.3) is 0 Å². The van der Waals surface area contributed by atoms with Crippen LogP contribution in [0, 0.1) is 11.6 Å². The molecule has 0 aliphatic carbocycles. The van der Waals surface area contributed by atoms with Gasteiger partial charge < -0.3 is 10.2 Å². The summed E-state index contributed by atoms with van der Waals surface area (Å²) < 4.78 is 26.6. The average Bonchev–Trinajstić information content (AvgIpc) is 2.95. The van der Waals surface area contributed by atoms with Gasteiger partial charge in [-0.2, -0.15) is 0 Å². The Morgan fingerprint density at radius 1 is 1.10 bits per heavy atom. The Bertz CT molecular complexity index is 856. The molecule has 1 aliphatic heterocycles. The minimum Gasteiger partial charge on any atom is -0.341 e. The van der Waals surface area contributed by atoms with Crippen LogP contribution in [0.4, 0.5) is 14.5 Å². The van der Waals surface area contributed by atoms with Crippen LogP contribution in [0.5, 0.6) is 0 Å². The van der Waals surface area contributed by atoms with E-state index in [9.17, 15) is 18.4 Å². The highest BCUT2D eigenvalue weighted by atomic mass is 32.2. The summed E-state index contributed by atoms with van der Waals surface area (Å²) in [5, 5.41) is 3.01. The zero-order valence-electron chi connectivity index (χ0n) is 15.7. The lowest BCUT2D eigenvalue weighted by Crippen LogP contribution is -2.38. The number of benzene rings is 1. The standard InChI is InChI=1S/C19H21F2N5O2S/c20-14-3-4-16(15(21)11-14)24-17(27)12-25-7-2-8-26(10-9-25)18(28)13-29-19-22-5-1-6-23-19/h1,3-6,11H,2,7-10,12-13H2,(H,24,27). The van der Waals surface area contributed by atoms with Gasteiger partial charge in [-0.25, -0.2) is 18.7 Å². The van der Waals surface area contributed by atoms with Crippen LogP contribution in [-0.4, -0.2) is 70.1 Å². The number of amides is 2. The van der Waals surface area contributed by atoms with Crippen molar-refractivity contribution in [3.8, 4) is 0 Å². The SMILES string of the molecule is O=C(CN1CCCN(C(=O)CSc2ncccn2)CC1)Nc1ccc(F)cc1F. The number of carbonyl (C=O) groups excluding carboxylic acids is 2. The van der Waals surface area contributed by atoms with Gasteiger partial charge in [0.2, 0.25) is 11.8 Å². The number of carbonyl (C=O) groups is 2. The molecule has 154 valence electrons. The Morgan fingerprint density at radius 2 is 1.90 bits per heavy atom. The van der Waals surface area contributed by atoms with E-state index in [1.165, 1.54) is 17.8 Å². The molecule has 7 nitrogen and oxygen atoms in total. The van der Waals surface area contributed by atoms with Crippen LogP contribution < -0.4 is 5.32 Å². The number of rotatable bonds is 6. The maximum atomic E-state index is 13.7. The van der Waals surface area contributed by atoms with Gasteiger partial charge in [0.25, 0.3) is 0 Å². The third-order valence-corrected chi connectivity index (χ3v) is 5.24. The van der Waals surface area contributed by atoms with E-state index in [2.05, 4.69) is 15.3 Å². The lowest BCUT2D eigenvalue weighted by atomic mass is 10.3. The van der Waals surface area contributed by atoms with Gasteiger partial charge in [-0.1, -0.05) is 11.8 Å². The van der Waals surface area contributed by atoms with Gasteiger partial charge in [0.15, 0.2) is 5.16 Å². The van der Waals surface area contributed by atoms with E-state index in [-0.39, 0.29) is 29.8 Å². The summed E-state index contributed by atoms with van der Waals surface area (Å²) in [4.78, 5) is 36.5. The predicted molar refractivity (Wildman–Crippen MR) is 105 cm³/mol. The number of nitrogens with zero attached hydrogens (tertiary/aromatic N) is 4. The van der Waals surface area contributed by atoms with Gasteiger partial charge in [0.1, 0.15) is 11.6 Å². The highest BCUT2D eigenvalue weighted by Gasteiger charge is 2.21. The first-order valence-corrected chi connectivity index (χ1v) is 10.1. The number of hydrogen-bond acceptors (Lipinski definition) is 6. The van der Waals surface area contributed by atoms with Crippen LogP contribution in [0.15, 0.2) is 41.8 Å². The number of thioether (sulfide) groups is 1. The van der Waals surface area contributed by atoms with E-state index in [1.807, 2.05) is 4.90 Å². The largest absolute Gasteiger partial charge is 0.341 e. The summed E-state index contributed by atoms with van der Waals surface area (Å²) >= 11 is 1.29. The summed E-state index contributed by atoms with van der Waals surface area (Å²) in [6, 6.07) is 4.73. The van der Waals surface area contributed by atoms with Crippen molar-refractivity contribution in [2.75, 3.05) is 43.8 Å². The minimum absolute atomic E-state index is 0.00198. The van der Waals surface area contributed by atoms with Gasteiger partial charge in [-0.3, -0.25) is 14.5 Å². The zero-order valence-corrected chi connectivity index (χ0v) is 16.5. The summed E-state index contributed by atoms with van der Waals surface area (Å²) in [5.41, 5.74) is -0.0526. The number of nitrogens with one attached hydrogen (secondary N) is 1. The minimum atomic E-state index is -0.814. The van der Waals surface area contributed by atoms with E-state index >= 15 is 0 Å². The summed E-state index contributed by atoms with van der Waals surface area (Å²) in [7, 11) is 0. The molecule has 1 saturated heterocycles. The first-order chi connectivity index (χ1) is 14.0. The molecule has 3 rings (SSSR count). The van der Waals surface area contributed by atoms with E-state index in [0.29, 0.717) is 31.3 Å². The molecule has 0 spiro atoms. The highest BCUT2D eigenvalue weighted by molar-refractivity contribution is 7.99. The topological polar surface area (TPSA) is 78.4 Å². The van der Waals surface area contributed by atoms with Crippen LogP contribution >= 0.6 is 11.8 Å². The molecule has 10 heteroatoms. The lowest BCUT2D eigenvalue weighted by Gasteiger charge is -2.21. The molecule has 2 amide bonds. The van der Waals surface area contributed by atoms with Crippen molar-refractivity contribution in [3.05, 3.63) is 48.3 Å². The average molecular weight is 421 g/mol. The number of aromatic nitrogens is 2. The molecular formula is C19H21F2N5O2S. The number of anilines is 1. The van der Waals surface area contributed by atoms with Crippen molar-refractivity contribution in [1.82, 2.24) is 19.8 Å². The number of halogens is 2. The van der Waals surface area contributed by atoms with Crippen LogP contribution in [-0.2, 0) is 9.59 Å². The van der Waals surface area contributed by atoms with Crippen molar-refractivity contribution in [2.24, 2.45) is 0 Å². The van der Waals surface area contributed by atoms with Gasteiger partial charge in [-0.05, 0) is 24.6 Å². The molecule has 1 aliphatic rings. The maximum Gasteiger partial charge on any atom is 0.238 e. The molecular weight excluding hydrogens is 400 g/mol. The molecule has 29 heavy (non-hydrogen) atoms. The van der Waals surface area contributed by atoms with Crippen molar-refractivity contribution < 1.29 is 18.4 Å². The summed E-state index contributed by atoms with van der Waals surface area (Å²) in [5.74, 6) is -1.64. The van der Waals surface area contributed by atoms with Crippen molar-refractivity contribution >= 4 is 29.3 Å². The fraction of sp³-hybridized carbons (Fsp3) is 0.368. The lowest BCUT2D eigenvalue weighted by molar-refractivity contribution is -0.128. The van der Waals surface area contributed by atoms with Crippen LogP contribution in [0.2, 0.25) is 0 Å². The predicted octanol–water partition coefficient (Wildman–Crippen LogP) is 2.02. The third kappa shape index (κ3) is 6.47. The normalized spacial score (nSPS) is 15.0. The van der Waals surface area contributed by atoms with E-state index in [1.54, 1.807) is 23.4 Å². The third-order valence-electron chi connectivity index (χ3n) is 4.38. The van der Waals surface area contributed by atoms with Gasteiger partial charge >= 0.3 is 0 Å². The van der Waals surface area contributed by atoms with E-state index < -0.39 is 11.6 Å². The monoisotopic (exact) mass is 421 g/mol. The molecule has 1 fully saturated rings. The Kier molecular flexibility index (Phi) is 7.48. The second-order valence-electron chi connectivity index (χ2n) is 6.50. The Hall–Kier alpha value is -2.59. The first kappa shape index (κ1) is 21.1. The fourth-order valence-electron chi connectivity index (χ4n) is 2.94. The second-order valence-corrected chi connectivity index (χ2v) is 7.45. The Balaban J connectivity index is 1.45. The van der Waals surface area contributed by atoms with Crippen LogP contribution in [0.3, 0.4) is 0 Å². The first-order valence-electron chi connectivity index (χ1n) is 9.16. The molecule has 1 aromatic heterocycles. The molecule has 0 bridgehead atoms. The number of hydrogen-bond donors (Lipinski definition) is 1. The molecule has 1 aromatic carbocycles. The zero-order chi connectivity index (χ0) is 20.6. The second kappa shape index (κ2) is 10.3. The molecule has 0 saturated carbocycles. The highest BCUT2D eigenvalue weighted by Crippen LogP contribution is 2.16. The molecule has 0 atom stereocenters. The molecule has 1 N–H and O–H groups in total. The molecule has 2 aromatic rings. The van der Waals surface area contributed by atoms with E-state index in [4.69, 9.17) is 0 Å². The fourth-order valence-corrected chi connectivity index (χ4v) is 3.65. The maximum absolute atomic E-state index is 13.7. The summed E-state index contributed by atoms with van der Waals surface area (Å²) in [6.45, 7) is 2.38. The van der Waals surface area contributed by atoms with Crippen molar-refractivity contribution in [1.29, 1.82) is 0 Å². The molecule has 0 radical (unpaired) electrons. The van der Waals surface area contributed by atoms with E-state index in [0.717, 1.165) is 18.6 Å². The molecule has 2 heterocycles. The smallest absolute Gasteiger partial charge is 0.238 e. The quantitative estimate of drug-likeness (QED) is 0.568. The van der Waals surface area contributed by atoms with Crippen molar-refractivity contribution in [3.63, 3.8) is 0 Å². The summed E-state index contributed by atoms with van der Waals surface area (Å²) in [6.07, 6.45) is 4.00. The van der Waals surface area contributed by atoms with Gasteiger partial charge in [-0.15, -0.1) is 0 Å². The Morgan fingerprint density at radius 3 is 2.66 bits per heavy atom.